The molecule has 0 heterocycles. The van der Waals surface area contributed by atoms with Crippen LogP contribution in [0.5, 0.6) is 5.75 Å². The SMILES string of the molecule is COc1ccc(COC[C@H](C)[C@H](C)O)cc1. The topological polar surface area (TPSA) is 38.7 Å². The zero-order valence-electron chi connectivity index (χ0n) is 10.1. The first-order valence-corrected chi connectivity index (χ1v) is 5.52. The third-order valence-electron chi connectivity index (χ3n) is 2.63. The van der Waals surface area contributed by atoms with Gasteiger partial charge in [-0.1, -0.05) is 19.1 Å². The van der Waals surface area contributed by atoms with Crippen LogP contribution in [0.3, 0.4) is 0 Å². The third kappa shape index (κ3) is 4.21. The van der Waals surface area contributed by atoms with Crippen molar-refractivity contribution in [2.24, 2.45) is 5.92 Å². The maximum Gasteiger partial charge on any atom is 0.118 e. The van der Waals surface area contributed by atoms with Gasteiger partial charge in [-0.3, -0.25) is 0 Å². The van der Waals surface area contributed by atoms with Crippen molar-refractivity contribution in [2.75, 3.05) is 13.7 Å². The Morgan fingerprint density at radius 2 is 1.81 bits per heavy atom. The van der Waals surface area contributed by atoms with Crippen LogP contribution < -0.4 is 4.74 Å². The van der Waals surface area contributed by atoms with Crippen molar-refractivity contribution in [1.82, 2.24) is 0 Å². The molecule has 0 spiro atoms. The van der Waals surface area contributed by atoms with E-state index in [1.807, 2.05) is 31.2 Å². The van der Waals surface area contributed by atoms with Gasteiger partial charge in [-0.05, 0) is 24.6 Å². The first-order chi connectivity index (χ1) is 7.63. The van der Waals surface area contributed by atoms with Gasteiger partial charge in [-0.25, -0.2) is 0 Å². The highest BCUT2D eigenvalue weighted by molar-refractivity contribution is 5.26. The van der Waals surface area contributed by atoms with E-state index >= 15 is 0 Å². The maximum atomic E-state index is 9.29. The predicted molar refractivity (Wildman–Crippen MR) is 63.5 cm³/mol. The first kappa shape index (κ1) is 13.0. The van der Waals surface area contributed by atoms with Crippen LogP contribution >= 0.6 is 0 Å². The summed E-state index contributed by atoms with van der Waals surface area (Å²) >= 11 is 0. The van der Waals surface area contributed by atoms with Crippen LogP contribution in [0, 0.1) is 5.92 Å². The summed E-state index contributed by atoms with van der Waals surface area (Å²) in [5, 5.41) is 9.29. The van der Waals surface area contributed by atoms with Gasteiger partial charge in [0.2, 0.25) is 0 Å². The molecule has 1 N–H and O–H groups in total. The number of hydrogen-bond acceptors (Lipinski definition) is 3. The van der Waals surface area contributed by atoms with E-state index in [0.29, 0.717) is 13.2 Å². The number of methoxy groups -OCH3 is 1. The molecule has 0 amide bonds. The fourth-order valence-electron chi connectivity index (χ4n) is 1.22. The Bertz CT molecular complexity index is 293. The second kappa shape index (κ2) is 6.51. The lowest BCUT2D eigenvalue weighted by atomic mass is 10.1. The Morgan fingerprint density at radius 3 is 2.31 bits per heavy atom. The Balaban J connectivity index is 2.31. The molecule has 0 aliphatic carbocycles. The van der Waals surface area contributed by atoms with E-state index in [9.17, 15) is 5.11 Å². The molecule has 1 aromatic carbocycles. The Kier molecular flexibility index (Phi) is 5.29. The minimum absolute atomic E-state index is 0.165. The van der Waals surface area contributed by atoms with Crippen LogP contribution in [-0.4, -0.2) is 24.9 Å². The average molecular weight is 224 g/mol. The highest BCUT2D eigenvalue weighted by Crippen LogP contribution is 2.12. The van der Waals surface area contributed by atoms with E-state index < -0.39 is 0 Å². The second-order valence-corrected chi connectivity index (χ2v) is 4.08. The lowest BCUT2D eigenvalue weighted by Crippen LogP contribution is -2.18. The van der Waals surface area contributed by atoms with Gasteiger partial charge >= 0.3 is 0 Å². The summed E-state index contributed by atoms with van der Waals surface area (Å²) in [5.74, 6) is 1.01. The van der Waals surface area contributed by atoms with Crippen molar-refractivity contribution in [3.63, 3.8) is 0 Å². The van der Waals surface area contributed by atoms with Gasteiger partial charge < -0.3 is 14.6 Å². The highest BCUT2D eigenvalue weighted by atomic mass is 16.5. The molecule has 1 aromatic rings. The van der Waals surface area contributed by atoms with Gasteiger partial charge in [0.05, 0.1) is 26.4 Å². The number of aliphatic hydroxyl groups is 1. The zero-order chi connectivity index (χ0) is 12.0. The molecular formula is C13H20O3. The zero-order valence-corrected chi connectivity index (χ0v) is 10.1. The Morgan fingerprint density at radius 1 is 1.19 bits per heavy atom. The lowest BCUT2D eigenvalue weighted by molar-refractivity contribution is 0.0367. The van der Waals surface area contributed by atoms with E-state index in [0.717, 1.165) is 11.3 Å². The molecule has 3 nitrogen and oxygen atoms in total. The molecule has 0 aromatic heterocycles. The van der Waals surface area contributed by atoms with Crippen molar-refractivity contribution in [3.05, 3.63) is 29.8 Å². The van der Waals surface area contributed by atoms with Gasteiger partial charge in [0.1, 0.15) is 5.75 Å². The minimum Gasteiger partial charge on any atom is -0.497 e. The number of ether oxygens (including phenoxy) is 2. The normalized spacial score (nSPS) is 14.5. The fourth-order valence-corrected chi connectivity index (χ4v) is 1.22. The quantitative estimate of drug-likeness (QED) is 0.805. The number of aliphatic hydroxyl groups excluding tert-OH is 1. The standard InChI is InChI=1S/C13H20O3/c1-10(11(2)14)8-16-9-12-4-6-13(15-3)7-5-12/h4-7,10-11,14H,8-9H2,1-3H3/t10-,11-/m0/s1. The van der Waals surface area contributed by atoms with Crippen LogP contribution in [0.15, 0.2) is 24.3 Å². The molecule has 1 rings (SSSR count). The molecule has 0 saturated heterocycles. The largest absolute Gasteiger partial charge is 0.497 e. The van der Waals surface area contributed by atoms with Gasteiger partial charge in [0, 0.05) is 5.92 Å². The summed E-state index contributed by atoms with van der Waals surface area (Å²) in [6.45, 7) is 4.89. The molecule has 0 fully saturated rings. The van der Waals surface area contributed by atoms with Crippen molar-refractivity contribution >= 4 is 0 Å². The van der Waals surface area contributed by atoms with E-state index in [4.69, 9.17) is 9.47 Å². The molecule has 16 heavy (non-hydrogen) atoms. The number of hydrogen-bond donors (Lipinski definition) is 1. The summed E-state index contributed by atoms with van der Waals surface area (Å²) in [6.07, 6.45) is -0.323. The van der Waals surface area contributed by atoms with Crippen LogP contribution in [0.2, 0.25) is 0 Å². The van der Waals surface area contributed by atoms with Crippen molar-refractivity contribution in [3.8, 4) is 5.75 Å². The molecule has 0 bridgehead atoms. The highest BCUT2D eigenvalue weighted by Gasteiger charge is 2.08. The maximum absolute atomic E-state index is 9.29. The minimum atomic E-state index is -0.323. The van der Waals surface area contributed by atoms with Crippen molar-refractivity contribution in [1.29, 1.82) is 0 Å². The molecule has 0 radical (unpaired) electrons. The summed E-state index contributed by atoms with van der Waals surface area (Å²) < 4.78 is 10.6. The summed E-state index contributed by atoms with van der Waals surface area (Å²) in [4.78, 5) is 0. The Labute approximate surface area is 97.0 Å². The third-order valence-corrected chi connectivity index (χ3v) is 2.63. The molecule has 3 heteroatoms. The van der Waals surface area contributed by atoms with Gasteiger partial charge in [-0.15, -0.1) is 0 Å². The van der Waals surface area contributed by atoms with Crippen LogP contribution in [0.1, 0.15) is 19.4 Å². The van der Waals surface area contributed by atoms with Crippen molar-refractivity contribution < 1.29 is 14.6 Å². The molecule has 0 aliphatic rings. The molecule has 2 atom stereocenters. The van der Waals surface area contributed by atoms with E-state index in [-0.39, 0.29) is 12.0 Å². The van der Waals surface area contributed by atoms with Gasteiger partial charge in [0.15, 0.2) is 0 Å². The average Bonchev–Trinajstić information content (AvgIpc) is 2.29. The second-order valence-electron chi connectivity index (χ2n) is 4.08. The smallest absolute Gasteiger partial charge is 0.118 e. The summed E-state index contributed by atoms with van der Waals surface area (Å²) in [6, 6.07) is 7.78. The molecule has 0 aliphatic heterocycles. The van der Waals surface area contributed by atoms with Crippen LogP contribution in [0.25, 0.3) is 0 Å². The fraction of sp³-hybridized carbons (Fsp3) is 0.538. The van der Waals surface area contributed by atoms with Gasteiger partial charge in [0.25, 0.3) is 0 Å². The predicted octanol–water partition coefficient (Wildman–Crippen LogP) is 2.23. The van der Waals surface area contributed by atoms with E-state index in [2.05, 4.69) is 0 Å². The monoisotopic (exact) mass is 224 g/mol. The van der Waals surface area contributed by atoms with Gasteiger partial charge in [-0.2, -0.15) is 0 Å². The molecule has 0 saturated carbocycles. The van der Waals surface area contributed by atoms with Crippen molar-refractivity contribution in [2.45, 2.75) is 26.6 Å². The molecular weight excluding hydrogens is 204 g/mol. The van der Waals surface area contributed by atoms with Crippen LogP contribution in [0.4, 0.5) is 0 Å². The summed E-state index contributed by atoms with van der Waals surface area (Å²) in [7, 11) is 1.65. The summed E-state index contributed by atoms with van der Waals surface area (Å²) in [5.41, 5.74) is 1.11. The lowest BCUT2D eigenvalue weighted by Gasteiger charge is -2.14. The first-order valence-electron chi connectivity index (χ1n) is 5.52. The molecule has 90 valence electrons. The number of benzene rings is 1. The van der Waals surface area contributed by atoms with E-state index in [1.54, 1.807) is 14.0 Å². The number of rotatable bonds is 6. The van der Waals surface area contributed by atoms with Crippen LogP contribution in [-0.2, 0) is 11.3 Å². The Hall–Kier alpha value is -1.06. The van der Waals surface area contributed by atoms with E-state index in [1.165, 1.54) is 0 Å². The molecule has 0 unspecified atom stereocenters.